The van der Waals surface area contributed by atoms with Crippen LogP contribution in [0.5, 0.6) is 0 Å². The van der Waals surface area contributed by atoms with Gasteiger partial charge in [0, 0.05) is 15.0 Å². The molecule has 2 nitrogen and oxygen atoms in total. The largest absolute Gasteiger partial charge is 0.321 e. The summed E-state index contributed by atoms with van der Waals surface area (Å²) in [5.74, 6) is -0.553. The van der Waals surface area contributed by atoms with Gasteiger partial charge < -0.3 is 5.32 Å². The fourth-order valence-corrected chi connectivity index (χ4v) is 2.66. The predicted molar refractivity (Wildman–Crippen MR) is 85.9 cm³/mol. The second-order valence-electron chi connectivity index (χ2n) is 4.00. The normalized spacial score (nSPS) is 10.8. The van der Waals surface area contributed by atoms with E-state index in [0.29, 0.717) is 5.69 Å². The molecule has 0 atom stereocenters. The molecule has 2 aromatic carbocycles. The third-order valence-corrected chi connectivity index (χ3v) is 3.64. The van der Waals surface area contributed by atoms with E-state index < -0.39 is 0 Å². The topological polar surface area (TPSA) is 29.1 Å². The van der Waals surface area contributed by atoms with Crippen LogP contribution < -0.4 is 5.32 Å². The molecule has 5 heteroatoms. The number of rotatable bonds is 3. The number of hydrogen-bond donors (Lipinski definition) is 1. The molecule has 0 unspecified atom stereocenters. The summed E-state index contributed by atoms with van der Waals surface area (Å²) in [7, 11) is 0. The van der Waals surface area contributed by atoms with Gasteiger partial charge >= 0.3 is 0 Å². The number of halogens is 3. The van der Waals surface area contributed by atoms with Crippen molar-refractivity contribution in [1.29, 1.82) is 0 Å². The van der Waals surface area contributed by atoms with Crippen LogP contribution in [0.2, 0.25) is 0 Å². The minimum absolute atomic E-state index is 0.252. The summed E-state index contributed by atoms with van der Waals surface area (Å²) in [5, 5.41) is 2.75. The Balaban J connectivity index is 2.03. The van der Waals surface area contributed by atoms with Crippen molar-refractivity contribution in [3.8, 4) is 0 Å². The Labute approximate surface area is 133 Å². The Hall–Kier alpha value is -1.46. The van der Waals surface area contributed by atoms with Gasteiger partial charge in [-0.05, 0) is 57.9 Å². The van der Waals surface area contributed by atoms with E-state index in [1.165, 1.54) is 18.2 Å². The zero-order valence-electron chi connectivity index (χ0n) is 10.2. The number of nitrogens with one attached hydrogen (secondary N) is 1. The van der Waals surface area contributed by atoms with Crippen LogP contribution in [-0.4, -0.2) is 5.91 Å². The van der Waals surface area contributed by atoms with E-state index in [-0.39, 0.29) is 11.7 Å². The summed E-state index contributed by atoms with van der Waals surface area (Å²) in [5.41, 5.74) is 1.44. The third kappa shape index (κ3) is 4.28. The number of hydrogen-bond acceptors (Lipinski definition) is 1. The molecule has 0 aliphatic heterocycles. The molecule has 20 heavy (non-hydrogen) atoms. The molecule has 1 amide bonds. The van der Waals surface area contributed by atoms with Gasteiger partial charge in [-0.2, -0.15) is 0 Å². The van der Waals surface area contributed by atoms with Crippen molar-refractivity contribution < 1.29 is 9.18 Å². The van der Waals surface area contributed by atoms with Gasteiger partial charge in [0.15, 0.2) is 0 Å². The first-order valence-electron chi connectivity index (χ1n) is 5.74. The zero-order valence-corrected chi connectivity index (χ0v) is 13.4. The van der Waals surface area contributed by atoms with Gasteiger partial charge in [0.1, 0.15) is 5.82 Å². The minimum Gasteiger partial charge on any atom is -0.321 e. The first-order valence-corrected chi connectivity index (χ1v) is 7.33. The van der Waals surface area contributed by atoms with Crippen molar-refractivity contribution >= 4 is 49.5 Å². The highest BCUT2D eigenvalue weighted by Gasteiger charge is 2.03. The van der Waals surface area contributed by atoms with Crippen LogP contribution in [0.4, 0.5) is 10.1 Å². The molecular weight excluding hydrogens is 389 g/mol. The molecule has 0 radical (unpaired) electrons. The minimum atomic E-state index is -0.301. The maximum absolute atomic E-state index is 12.7. The fraction of sp³-hybridized carbons (Fsp3) is 0. The monoisotopic (exact) mass is 397 g/mol. The van der Waals surface area contributed by atoms with Crippen molar-refractivity contribution in [1.82, 2.24) is 0 Å². The highest BCUT2D eigenvalue weighted by Crippen LogP contribution is 2.26. The summed E-state index contributed by atoms with van der Waals surface area (Å²) >= 11 is 6.71. The van der Waals surface area contributed by atoms with Gasteiger partial charge in [0.05, 0.1) is 5.69 Å². The van der Waals surface area contributed by atoms with Gasteiger partial charge in [-0.25, -0.2) is 4.39 Å². The smallest absolute Gasteiger partial charge is 0.248 e. The lowest BCUT2D eigenvalue weighted by Crippen LogP contribution is -2.08. The number of anilines is 1. The number of amides is 1. The summed E-state index contributed by atoms with van der Waals surface area (Å²) in [6, 6.07) is 11.4. The lowest BCUT2D eigenvalue weighted by molar-refractivity contribution is -0.111. The quantitative estimate of drug-likeness (QED) is 0.724. The Morgan fingerprint density at radius 3 is 2.45 bits per heavy atom. The molecular formula is C15H10Br2FNO. The van der Waals surface area contributed by atoms with Crippen LogP contribution in [-0.2, 0) is 4.79 Å². The van der Waals surface area contributed by atoms with Crippen molar-refractivity contribution in [3.05, 3.63) is 68.9 Å². The van der Waals surface area contributed by atoms with Crippen LogP contribution in [0.3, 0.4) is 0 Å². The second kappa shape index (κ2) is 6.81. The molecule has 0 aliphatic rings. The van der Waals surface area contributed by atoms with Gasteiger partial charge in [0.25, 0.3) is 0 Å². The number of benzene rings is 2. The number of carbonyl (C=O) groups is 1. The van der Waals surface area contributed by atoms with Crippen LogP contribution in [0.15, 0.2) is 57.5 Å². The van der Waals surface area contributed by atoms with E-state index in [9.17, 15) is 9.18 Å². The summed E-state index contributed by atoms with van der Waals surface area (Å²) in [6.07, 6.45) is 3.03. The van der Waals surface area contributed by atoms with E-state index >= 15 is 0 Å². The molecule has 2 rings (SSSR count). The zero-order chi connectivity index (χ0) is 14.5. The summed E-state index contributed by atoms with van der Waals surface area (Å²) in [6.45, 7) is 0. The average Bonchev–Trinajstić information content (AvgIpc) is 2.41. The maximum Gasteiger partial charge on any atom is 0.248 e. The van der Waals surface area contributed by atoms with E-state index in [4.69, 9.17) is 0 Å². The molecule has 0 fully saturated rings. The molecule has 0 aromatic heterocycles. The molecule has 0 bridgehead atoms. The standard InChI is InChI=1S/C15H10Br2FNO/c16-11-4-7-14(13(17)9-11)19-15(20)8-3-10-1-5-12(18)6-2-10/h1-9H,(H,19,20). The van der Waals surface area contributed by atoms with Gasteiger partial charge in [-0.15, -0.1) is 0 Å². The second-order valence-corrected chi connectivity index (χ2v) is 5.77. The first-order chi connectivity index (χ1) is 9.54. The summed E-state index contributed by atoms with van der Waals surface area (Å²) in [4.78, 5) is 11.8. The lowest BCUT2D eigenvalue weighted by atomic mass is 10.2. The highest BCUT2D eigenvalue weighted by molar-refractivity contribution is 9.11. The summed E-state index contributed by atoms with van der Waals surface area (Å²) < 4.78 is 14.4. The Morgan fingerprint density at radius 2 is 1.80 bits per heavy atom. The van der Waals surface area contributed by atoms with Gasteiger partial charge in [-0.1, -0.05) is 28.1 Å². The van der Waals surface area contributed by atoms with Crippen molar-refractivity contribution in [2.45, 2.75) is 0 Å². The maximum atomic E-state index is 12.7. The van der Waals surface area contributed by atoms with Crippen LogP contribution in [0.1, 0.15) is 5.56 Å². The Morgan fingerprint density at radius 1 is 1.10 bits per heavy atom. The van der Waals surface area contributed by atoms with Crippen LogP contribution in [0.25, 0.3) is 6.08 Å². The molecule has 0 saturated carbocycles. The van der Waals surface area contributed by atoms with Crippen molar-refractivity contribution in [2.24, 2.45) is 0 Å². The molecule has 2 aromatic rings. The SMILES string of the molecule is O=C(C=Cc1ccc(F)cc1)Nc1ccc(Br)cc1Br. The molecule has 0 spiro atoms. The van der Waals surface area contributed by atoms with E-state index in [2.05, 4.69) is 37.2 Å². The van der Waals surface area contributed by atoms with Gasteiger partial charge in [-0.3, -0.25) is 4.79 Å². The Bertz CT molecular complexity index is 653. The fourth-order valence-electron chi connectivity index (χ4n) is 1.51. The van der Waals surface area contributed by atoms with Gasteiger partial charge in [0.2, 0.25) is 5.91 Å². The van der Waals surface area contributed by atoms with Crippen molar-refractivity contribution in [3.63, 3.8) is 0 Å². The van der Waals surface area contributed by atoms with Crippen LogP contribution >= 0.6 is 31.9 Å². The third-order valence-electron chi connectivity index (χ3n) is 2.49. The molecule has 102 valence electrons. The molecule has 1 N–H and O–H groups in total. The lowest BCUT2D eigenvalue weighted by Gasteiger charge is -2.05. The highest BCUT2D eigenvalue weighted by atomic mass is 79.9. The molecule has 0 saturated heterocycles. The first kappa shape index (κ1) is 14.9. The van der Waals surface area contributed by atoms with Crippen LogP contribution in [0, 0.1) is 5.82 Å². The predicted octanol–water partition coefficient (Wildman–Crippen LogP) is 5.00. The molecule has 0 heterocycles. The Kier molecular flexibility index (Phi) is 5.09. The van der Waals surface area contributed by atoms with E-state index in [1.807, 2.05) is 12.1 Å². The average molecular weight is 399 g/mol. The van der Waals surface area contributed by atoms with E-state index in [1.54, 1.807) is 24.3 Å². The van der Waals surface area contributed by atoms with E-state index in [0.717, 1.165) is 14.5 Å². The number of carbonyl (C=O) groups excluding carboxylic acids is 1. The van der Waals surface area contributed by atoms with Crippen molar-refractivity contribution in [2.75, 3.05) is 5.32 Å². The molecule has 0 aliphatic carbocycles.